The van der Waals surface area contributed by atoms with E-state index in [4.69, 9.17) is 0 Å². The van der Waals surface area contributed by atoms with Crippen LogP contribution < -0.4 is 0 Å². The second-order valence-corrected chi connectivity index (χ2v) is 5.76. The summed E-state index contributed by atoms with van der Waals surface area (Å²) >= 11 is 0. The third-order valence-electron chi connectivity index (χ3n) is 4.22. The first-order chi connectivity index (χ1) is 11.0. The van der Waals surface area contributed by atoms with E-state index < -0.39 is 0 Å². The molecule has 0 aromatic heterocycles. The highest BCUT2D eigenvalue weighted by atomic mass is 19.1. The van der Waals surface area contributed by atoms with E-state index in [9.17, 15) is 13.6 Å². The molecule has 0 N–H and O–H groups in total. The number of Topliss-reactive ketones (excluding diaryl/α,β-unsaturated/α-hetero) is 1. The van der Waals surface area contributed by atoms with E-state index in [2.05, 4.69) is 0 Å². The van der Waals surface area contributed by atoms with Gasteiger partial charge >= 0.3 is 0 Å². The molecular formula is C20H16F2O. The molecule has 0 amide bonds. The van der Waals surface area contributed by atoms with Crippen LogP contribution in [-0.4, -0.2) is 5.78 Å². The Balaban J connectivity index is 1.91. The number of carbonyl (C=O) groups excluding carboxylic acids is 1. The van der Waals surface area contributed by atoms with Gasteiger partial charge in [0.05, 0.1) is 0 Å². The zero-order valence-corrected chi connectivity index (χ0v) is 12.9. The largest absolute Gasteiger partial charge is 0.289 e. The first-order valence-corrected chi connectivity index (χ1v) is 7.46. The molecule has 3 heteroatoms. The maximum atomic E-state index is 13.1. The van der Waals surface area contributed by atoms with Gasteiger partial charge in [0, 0.05) is 17.1 Å². The molecule has 0 bridgehead atoms. The van der Waals surface area contributed by atoms with Crippen LogP contribution in [0.2, 0.25) is 0 Å². The molecule has 0 radical (unpaired) electrons. The monoisotopic (exact) mass is 310 g/mol. The summed E-state index contributed by atoms with van der Waals surface area (Å²) in [5.74, 6) is -0.828. The number of carbonyl (C=O) groups is 1. The molecule has 3 rings (SSSR count). The number of rotatable bonds is 3. The van der Waals surface area contributed by atoms with Crippen molar-refractivity contribution in [1.82, 2.24) is 0 Å². The van der Waals surface area contributed by atoms with Crippen LogP contribution in [0.1, 0.15) is 29.8 Å². The number of hydrogen-bond donors (Lipinski definition) is 0. The van der Waals surface area contributed by atoms with E-state index in [0.717, 1.165) is 16.7 Å². The Morgan fingerprint density at radius 1 is 0.913 bits per heavy atom. The minimum absolute atomic E-state index is 0.0852. The zero-order valence-electron chi connectivity index (χ0n) is 12.9. The molecular weight excluding hydrogens is 294 g/mol. The van der Waals surface area contributed by atoms with Gasteiger partial charge in [0.2, 0.25) is 0 Å². The lowest BCUT2D eigenvalue weighted by Crippen LogP contribution is -2.11. The van der Waals surface area contributed by atoms with Crippen molar-refractivity contribution in [2.24, 2.45) is 5.92 Å². The maximum Gasteiger partial charge on any atom is 0.189 e. The summed E-state index contributed by atoms with van der Waals surface area (Å²) in [5, 5.41) is 0. The molecule has 1 nitrogen and oxygen atoms in total. The van der Waals surface area contributed by atoms with Crippen molar-refractivity contribution in [3.05, 3.63) is 88.5 Å². The normalized spacial score (nSPS) is 17.4. The summed E-state index contributed by atoms with van der Waals surface area (Å²) in [6.07, 6.45) is 1.97. The fourth-order valence-corrected chi connectivity index (χ4v) is 3.04. The summed E-state index contributed by atoms with van der Waals surface area (Å²) in [7, 11) is 0. The first-order valence-electron chi connectivity index (χ1n) is 7.46. The lowest BCUT2D eigenvalue weighted by molar-refractivity contribution is 0.102. The molecule has 0 fully saturated rings. The smallest absolute Gasteiger partial charge is 0.189 e. The Bertz CT molecular complexity index is 812. The molecule has 2 aromatic carbocycles. The van der Waals surface area contributed by atoms with Crippen LogP contribution in [0.5, 0.6) is 0 Å². The minimum Gasteiger partial charge on any atom is -0.289 e. The van der Waals surface area contributed by atoms with Crippen LogP contribution in [0.15, 0.2) is 65.8 Å². The van der Waals surface area contributed by atoms with Gasteiger partial charge in [-0.3, -0.25) is 4.79 Å². The third-order valence-corrected chi connectivity index (χ3v) is 4.22. The summed E-state index contributed by atoms with van der Waals surface area (Å²) in [4.78, 5) is 12.7. The summed E-state index contributed by atoms with van der Waals surface area (Å²) in [6, 6.07) is 11.8. The highest BCUT2D eigenvalue weighted by molar-refractivity contribution is 6.12. The lowest BCUT2D eigenvalue weighted by Gasteiger charge is -2.15. The van der Waals surface area contributed by atoms with Gasteiger partial charge in [-0.1, -0.05) is 25.1 Å². The Morgan fingerprint density at radius 3 is 2.00 bits per heavy atom. The van der Waals surface area contributed by atoms with Gasteiger partial charge in [-0.2, -0.15) is 0 Å². The Morgan fingerprint density at radius 2 is 1.43 bits per heavy atom. The Kier molecular flexibility index (Phi) is 3.95. The van der Waals surface area contributed by atoms with Gasteiger partial charge in [-0.05, 0) is 60.0 Å². The predicted octanol–water partition coefficient (Wildman–Crippen LogP) is 5.20. The average molecular weight is 310 g/mol. The molecule has 116 valence electrons. The second kappa shape index (κ2) is 5.92. The molecule has 2 aromatic rings. The topological polar surface area (TPSA) is 17.1 Å². The lowest BCUT2D eigenvalue weighted by atomic mass is 9.88. The molecule has 23 heavy (non-hydrogen) atoms. The van der Waals surface area contributed by atoms with E-state index in [0.29, 0.717) is 11.1 Å². The summed E-state index contributed by atoms with van der Waals surface area (Å²) in [5.41, 5.74) is 3.97. The second-order valence-electron chi connectivity index (χ2n) is 5.76. The van der Waals surface area contributed by atoms with Crippen LogP contribution >= 0.6 is 0 Å². The molecule has 0 heterocycles. The minimum atomic E-state index is -0.364. The first kappa shape index (κ1) is 15.3. The van der Waals surface area contributed by atoms with E-state index in [1.807, 2.05) is 19.9 Å². The molecule has 0 saturated heterocycles. The third kappa shape index (κ3) is 2.87. The van der Waals surface area contributed by atoms with Crippen LogP contribution in [0.25, 0.3) is 5.57 Å². The van der Waals surface area contributed by atoms with Crippen LogP contribution in [0, 0.1) is 17.6 Å². The average Bonchev–Trinajstić information content (AvgIpc) is 2.83. The van der Waals surface area contributed by atoms with Gasteiger partial charge in [-0.25, -0.2) is 8.78 Å². The standard InChI is InChI=1S/C20H16F2O/c1-12-11-18(14-3-7-16(21)8-4-14)13(2)19(12)20(23)15-5-9-17(22)10-6-15/h3-11,13H,1-2H3. The summed E-state index contributed by atoms with van der Waals surface area (Å²) in [6.45, 7) is 3.85. The fraction of sp³-hybridized carbons (Fsp3) is 0.150. The van der Waals surface area contributed by atoms with Crippen molar-refractivity contribution < 1.29 is 13.6 Å². The molecule has 1 aliphatic carbocycles. The van der Waals surface area contributed by atoms with Gasteiger partial charge in [0.15, 0.2) is 5.78 Å². The van der Waals surface area contributed by atoms with Crippen molar-refractivity contribution in [3.8, 4) is 0 Å². The van der Waals surface area contributed by atoms with E-state index >= 15 is 0 Å². The van der Waals surface area contributed by atoms with E-state index in [-0.39, 0.29) is 23.3 Å². The van der Waals surface area contributed by atoms with E-state index in [1.54, 1.807) is 12.1 Å². The van der Waals surface area contributed by atoms with Crippen molar-refractivity contribution >= 4 is 11.4 Å². The highest BCUT2D eigenvalue weighted by Crippen LogP contribution is 2.39. The Labute approximate surface area is 134 Å². The zero-order chi connectivity index (χ0) is 16.6. The van der Waals surface area contributed by atoms with Crippen LogP contribution in [-0.2, 0) is 0 Å². The molecule has 1 unspecified atom stereocenters. The molecule has 1 aliphatic rings. The van der Waals surface area contributed by atoms with Crippen molar-refractivity contribution in [3.63, 3.8) is 0 Å². The fourth-order valence-electron chi connectivity index (χ4n) is 3.04. The molecule has 0 saturated carbocycles. The van der Waals surface area contributed by atoms with Gasteiger partial charge in [0.25, 0.3) is 0 Å². The summed E-state index contributed by atoms with van der Waals surface area (Å²) < 4.78 is 26.1. The van der Waals surface area contributed by atoms with Gasteiger partial charge in [-0.15, -0.1) is 0 Å². The van der Waals surface area contributed by atoms with Gasteiger partial charge in [0.1, 0.15) is 11.6 Å². The molecule has 0 aliphatic heterocycles. The van der Waals surface area contributed by atoms with E-state index in [1.165, 1.54) is 36.4 Å². The SMILES string of the molecule is CC1=C(C(=O)c2ccc(F)cc2)C(C)C(c2ccc(F)cc2)=C1. The highest BCUT2D eigenvalue weighted by Gasteiger charge is 2.28. The molecule has 0 spiro atoms. The number of allylic oxidation sites excluding steroid dienone is 4. The van der Waals surface area contributed by atoms with Gasteiger partial charge < -0.3 is 0 Å². The number of ketones is 1. The van der Waals surface area contributed by atoms with Crippen LogP contribution in [0.4, 0.5) is 8.78 Å². The van der Waals surface area contributed by atoms with Crippen molar-refractivity contribution in [2.75, 3.05) is 0 Å². The Hall–Kier alpha value is -2.55. The van der Waals surface area contributed by atoms with Crippen molar-refractivity contribution in [2.45, 2.75) is 13.8 Å². The number of hydrogen-bond acceptors (Lipinski definition) is 1. The number of benzene rings is 2. The van der Waals surface area contributed by atoms with Crippen molar-refractivity contribution in [1.29, 1.82) is 0 Å². The predicted molar refractivity (Wildman–Crippen MR) is 87.0 cm³/mol. The maximum absolute atomic E-state index is 13.1. The van der Waals surface area contributed by atoms with Crippen LogP contribution in [0.3, 0.4) is 0 Å². The quantitative estimate of drug-likeness (QED) is 0.712. The molecule has 1 atom stereocenters. The number of halogens is 2.